The topological polar surface area (TPSA) is 46.5 Å². The van der Waals surface area contributed by atoms with Gasteiger partial charge in [0.15, 0.2) is 5.78 Å². The van der Waals surface area contributed by atoms with Crippen molar-refractivity contribution in [2.24, 2.45) is 0 Å². The summed E-state index contributed by atoms with van der Waals surface area (Å²) < 4.78 is 31.1. The van der Waals surface area contributed by atoms with Gasteiger partial charge in [0, 0.05) is 12.5 Å². The molecule has 0 bridgehead atoms. The fraction of sp³-hybridized carbons (Fsp3) is 0.417. The van der Waals surface area contributed by atoms with Crippen LogP contribution in [0.25, 0.3) is 0 Å². The van der Waals surface area contributed by atoms with Crippen molar-refractivity contribution in [2.75, 3.05) is 13.3 Å². The number of hydrogen-bond acceptors (Lipinski definition) is 3. The summed E-state index contributed by atoms with van der Waals surface area (Å²) in [6, 6.07) is 2.30. The monoisotopic (exact) mass is 322 g/mol. The molecule has 18 heavy (non-hydrogen) atoms. The van der Waals surface area contributed by atoms with Gasteiger partial charge in [-0.3, -0.25) is 4.79 Å². The van der Waals surface area contributed by atoms with Crippen molar-refractivity contribution in [2.45, 2.75) is 19.4 Å². The Balaban J connectivity index is 3.14. The zero-order valence-corrected chi connectivity index (χ0v) is 11.3. The van der Waals surface area contributed by atoms with Crippen molar-refractivity contribution in [1.82, 2.24) is 0 Å². The van der Waals surface area contributed by atoms with Gasteiger partial charge >= 0.3 is 0 Å². The first-order chi connectivity index (χ1) is 8.53. The predicted octanol–water partition coefficient (Wildman–Crippen LogP) is 2.89. The third kappa shape index (κ3) is 3.49. The van der Waals surface area contributed by atoms with E-state index in [-0.39, 0.29) is 28.0 Å². The van der Waals surface area contributed by atoms with Gasteiger partial charge in [0.25, 0.3) is 0 Å². The normalized spacial score (nSPS) is 12.3. The molecule has 0 heterocycles. The number of ether oxygens (including phenoxy) is 1. The minimum Gasteiger partial charge on any atom is -0.484 e. The van der Waals surface area contributed by atoms with Crippen LogP contribution in [0.5, 0.6) is 5.75 Å². The smallest absolute Gasteiger partial charge is 0.166 e. The van der Waals surface area contributed by atoms with Gasteiger partial charge in [-0.2, -0.15) is 0 Å². The van der Waals surface area contributed by atoms with Crippen LogP contribution in [0.3, 0.4) is 0 Å². The molecule has 100 valence electrons. The van der Waals surface area contributed by atoms with E-state index in [4.69, 9.17) is 9.84 Å². The van der Waals surface area contributed by atoms with Crippen molar-refractivity contribution in [1.29, 1.82) is 0 Å². The highest BCUT2D eigenvalue weighted by molar-refractivity contribution is 9.10. The fourth-order valence-electron chi connectivity index (χ4n) is 1.33. The molecule has 0 aliphatic carbocycles. The van der Waals surface area contributed by atoms with Crippen LogP contribution in [0, 0.1) is 5.82 Å². The number of alkyl halides is 1. The molecule has 0 saturated heterocycles. The minimum atomic E-state index is -1.10. The van der Waals surface area contributed by atoms with Crippen molar-refractivity contribution in [3.05, 3.63) is 28.0 Å². The van der Waals surface area contributed by atoms with Crippen LogP contribution < -0.4 is 4.74 Å². The maximum Gasteiger partial charge on any atom is 0.166 e. The maximum absolute atomic E-state index is 13.4. The standard InChI is InChI=1S/C12H13BrF2O3/c1-2-11(17)8-3-9(13)10(15)4-12(8)18-7(5-14)6-16/h3-4,7,16H,2,5-6H2,1H3. The molecule has 6 heteroatoms. The summed E-state index contributed by atoms with van der Waals surface area (Å²) in [5.41, 5.74) is 0.165. The number of aliphatic hydroxyl groups excluding tert-OH is 1. The summed E-state index contributed by atoms with van der Waals surface area (Å²) in [4.78, 5) is 11.7. The molecule has 0 radical (unpaired) electrons. The predicted molar refractivity (Wildman–Crippen MR) is 66.2 cm³/mol. The molecule has 0 aliphatic rings. The summed E-state index contributed by atoms with van der Waals surface area (Å²) in [5.74, 6) is -0.923. The summed E-state index contributed by atoms with van der Waals surface area (Å²) in [5, 5.41) is 8.84. The molecule has 0 fully saturated rings. The molecule has 1 unspecified atom stereocenters. The maximum atomic E-state index is 13.4. The number of hydrogen-bond donors (Lipinski definition) is 1. The number of carbonyl (C=O) groups is 1. The lowest BCUT2D eigenvalue weighted by atomic mass is 10.1. The number of carbonyl (C=O) groups excluding carboxylic acids is 1. The molecule has 0 saturated carbocycles. The molecule has 0 aliphatic heterocycles. The van der Waals surface area contributed by atoms with Gasteiger partial charge in [0.05, 0.1) is 16.6 Å². The van der Waals surface area contributed by atoms with Gasteiger partial charge in [-0.25, -0.2) is 8.78 Å². The highest BCUT2D eigenvalue weighted by atomic mass is 79.9. The first kappa shape index (κ1) is 15.0. The second kappa shape index (κ2) is 6.80. The zero-order chi connectivity index (χ0) is 13.7. The Morgan fingerprint density at radius 1 is 1.56 bits per heavy atom. The third-order valence-electron chi connectivity index (χ3n) is 2.31. The van der Waals surface area contributed by atoms with Gasteiger partial charge < -0.3 is 9.84 Å². The summed E-state index contributed by atoms with van der Waals surface area (Å²) in [6.07, 6.45) is -0.887. The molecule has 1 atom stereocenters. The number of aliphatic hydroxyl groups is 1. The summed E-state index contributed by atoms with van der Waals surface area (Å²) in [6.45, 7) is 0.184. The van der Waals surface area contributed by atoms with Crippen LogP contribution in [0.1, 0.15) is 23.7 Å². The van der Waals surface area contributed by atoms with E-state index >= 15 is 0 Å². The van der Waals surface area contributed by atoms with Crippen molar-refractivity contribution < 1.29 is 23.4 Å². The lowest BCUT2D eigenvalue weighted by Gasteiger charge is -2.16. The van der Waals surface area contributed by atoms with Gasteiger partial charge in [0.1, 0.15) is 24.3 Å². The molecule has 1 rings (SSSR count). The highest BCUT2D eigenvalue weighted by Crippen LogP contribution is 2.28. The highest BCUT2D eigenvalue weighted by Gasteiger charge is 2.18. The van der Waals surface area contributed by atoms with Crippen LogP contribution in [0.2, 0.25) is 0 Å². The number of benzene rings is 1. The van der Waals surface area contributed by atoms with Gasteiger partial charge in [-0.05, 0) is 22.0 Å². The first-order valence-corrected chi connectivity index (χ1v) is 6.18. The average Bonchev–Trinajstić information content (AvgIpc) is 2.38. The van der Waals surface area contributed by atoms with E-state index < -0.39 is 25.2 Å². The Morgan fingerprint density at radius 3 is 2.72 bits per heavy atom. The Labute approximate surface area is 112 Å². The second-order valence-electron chi connectivity index (χ2n) is 3.62. The molecule has 0 amide bonds. The van der Waals surface area contributed by atoms with E-state index in [1.54, 1.807) is 6.92 Å². The van der Waals surface area contributed by atoms with Crippen LogP contribution in [-0.2, 0) is 0 Å². The molecule has 1 N–H and O–H groups in total. The Kier molecular flexibility index (Phi) is 5.68. The molecular weight excluding hydrogens is 310 g/mol. The number of Topliss-reactive ketones (excluding diaryl/α,β-unsaturated/α-hetero) is 1. The molecule has 1 aromatic rings. The lowest BCUT2D eigenvalue weighted by molar-refractivity contribution is 0.0878. The second-order valence-corrected chi connectivity index (χ2v) is 4.47. The molecule has 0 spiro atoms. The van der Waals surface area contributed by atoms with Gasteiger partial charge in [-0.1, -0.05) is 6.92 Å². The Bertz CT molecular complexity index is 434. The minimum absolute atomic E-state index is 0.0562. The number of rotatable bonds is 6. The zero-order valence-electron chi connectivity index (χ0n) is 9.75. The number of halogens is 3. The van der Waals surface area contributed by atoms with Crippen LogP contribution in [-0.4, -0.2) is 30.3 Å². The van der Waals surface area contributed by atoms with Crippen LogP contribution in [0.4, 0.5) is 8.78 Å². The van der Waals surface area contributed by atoms with Gasteiger partial charge in [-0.15, -0.1) is 0 Å². The largest absolute Gasteiger partial charge is 0.484 e. The molecule has 1 aromatic carbocycles. The number of ketones is 1. The third-order valence-corrected chi connectivity index (χ3v) is 2.92. The molecular formula is C12H13BrF2O3. The fourth-order valence-corrected chi connectivity index (χ4v) is 1.67. The summed E-state index contributed by atoms with van der Waals surface area (Å²) in [7, 11) is 0. The van der Waals surface area contributed by atoms with Crippen molar-refractivity contribution >= 4 is 21.7 Å². The lowest BCUT2D eigenvalue weighted by Crippen LogP contribution is -2.24. The van der Waals surface area contributed by atoms with E-state index in [1.165, 1.54) is 6.07 Å². The molecule has 0 aromatic heterocycles. The van der Waals surface area contributed by atoms with E-state index in [2.05, 4.69) is 15.9 Å². The Morgan fingerprint density at radius 2 is 2.22 bits per heavy atom. The van der Waals surface area contributed by atoms with Crippen molar-refractivity contribution in [3.63, 3.8) is 0 Å². The van der Waals surface area contributed by atoms with Crippen LogP contribution >= 0.6 is 15.9 Å². The summed E-state index contributed by atoms with van der Waals surface area (Å²) >= 11 is 2.97. The quantitative estimate of drug-likeness (QED) is 0.819. The van der Waals surface area contributed by atoms with Crippen molar-refractivity contribution in [3.8, 4) is 5.75 Å². The first-order valence-electron chi connectivity index (χ1n) is 5.39. The average molecular weight is 323 g/mol. The van der Waals surface area contributed by atoms with E-state index in [9.17, 15) is 13.6 Å². The van der Waals surface area contributed by atoms with Crippen LogP contribution in [0.15, 0.2) is 16.6 Å². The molecule has 3 nitrogen and oxygen atoms in total. The van der Waals surface area contributed by atoms with E-state index in [0.29, 0.717) is 0 Å². The van der Waals surface area contributed by atoms with E-state index in [1.807, 2.05) is 0 Å². The van der Waals surface area contributed by atoms with Gasteiger partial charge in [0.2, 0.25) is 0 Å². The van der Waals surface area contributed by atoms with E-state index in [0.717, 1.165) is 6.07 Å². The SMILES string of the molecule is CCC(=O)c1cc(Br)c(F)cc1OC(CO)CF. The Hall–Kier alpha value is -1.01.